The molecule has 0 aromatic rings. The minimum absolute atomic E-state index is 0.0110. The second-order valence-corrected chi connectivity index (χ2v) is 7.35. The van der Waals surface area contributed by atoms with Crippen molar-refractivity contribution in [1.29, 1.82) is 5.26 Å². The Morgan fingerprint density at radius 1 is 1.14 bits per heavy atom. The van der Waals surface area contributed by atoms with Gasteiger partial charge in [-0.1, -0.05) is 13.8 Å². The SMILES string of the molecule is CC(C)[C@@](C)(C#N)NC(=O)[C@H](C)N(C)CC(=O)NC(C)(C)C. The second kappa shape index (κ2) is 7.59. The molecule has 126 valence electrons. The minimum atomic E-state index is -0.917. The normalized spacial score (nSPS) is 15.9. The molecule has 0 saturated carbocycles. The molecule has 0 saturated heterocycles. The molecule has 0 spiro atoms. The molecule has 22 heavy (non-hydrogen) atoms. The summed E-state index contributed by atoms with van der Waals surface area (Å²) in [5, 5.41) is 14.9. The molecule has 0 unspecified atom stereocenters. The molecular weight excluding hydrogens is 280 g/mol. The number of amides is 2. The Bertz CT molecular complexity index is 448. The Balaban J connectivity index is 4.70. The fourth-order valence-corrected chi connectivity index (χ4v) is 1.68. The van der Waals surface area contributed by atoms with Crippen molar-refractivity contribution in [3.63, 3.8) is 0 Å². The largest absolute Gasteiger partial charge is 0.350 e. The fraction of sp³-hybridized carbons (Fsp3) is 0.812. The number of rotatable bonds is 6. The maximum atomic E-state index is 12.3. The maximum absolute atomic E-state index is 12.3. The molecule has 2 atom stereocenters. The van der Waals surface area contributed by atoms with Crippen LogP contribution in [0.3, 0.4) is 0 Å². The summed E-state index contributed by atoms with van der Waals surface area (Å²) >= 11 is 0. The van der Waals surface area contributed by atoms with E-state index in [1.54, 1.807) is 25.8 Å². The number of hydrogen-bond donors (Lipinski definition) is 2. The first-order valence-electron chi connectivity index (χ1n) is 7.57. The van der Waals surface area contributed by atoms with Gasteiger partial charge in [0.25, 0.3) is 0 Å². The number of likely N-dealkylation sites (N-methyl/N-ethyl adjacent to an activating group) is 1. The average Bonchev–Trinajstić information content (AvgIpc) is 2.34. The van der Waals surface area contributed by atoms with Gasteiger partial charge in [-0.05, 0) is 47.6 Å². The Hall–Kier alpha value is -1.61. The summed E-state index contributed by atoms with van der Waals surface area (Å²) in [5.74, 6) is -0.409. The Morgan fingerprint density at radius 3 is 2.00 bits per heavy atom. The van der Waals surface area contributed by atoms with Crippen LogP contribution >= 0.6 is 0 Å². The van der Waals surface area contributed by atoms with Gasteiger partial charge >= 0.3 is 0 Å². The summed E-state index contributed by atoms with van der Waals surface area (Å²) < 4.78 is 0. The van der Waals surface area contributed by atoms with Crippen molar-refractivity contribution in [1.82, 2.24) is 15.5 Å². The molecule has 0 fully saturated rings. The van der Waals surface area contributed by atoms with Crippen molar-refractivity contribution >= 4 is 11.8 Å². The molecule has 0 aromatic heterocycles. The third-order valence-electron chi connectivity index (χ3n) is 3.72. The van der Waals surface area contributed by atoms with Crippen molar-refractivity contribution in [2.24, 2.45) is 5.92 Å². The predicted molar refractivity (Wildman–Crippen MR) is 87.0 cm³/mol. The molecular formula is C16H30N4O2. The van der Waals surface area contributed by atoms with Crippen LogP contribution in [0, 0.1) is 17.2 Å². The van der Waals surface area contributed by atoms with E-state index in [1.807, 2.05) is 34.6 Å². The van der Waals surface area contributed by atoms with E-state index in [9.17, 15) is 14.9 Å². The lowest BCUT2D eigenvalue weighted by atomic mass is 9.90. The van der Waals surface area contributed by atoms with Crippen LogP contribution in [0.4, 0.5) is 0 Å². The number of carbonyl (C=O) groups is 2. The molecule has 0 aromatic carbocycles. The number of hydrogen-bond acceptors (Lipinski definition) is 4. The fourth-order valence-electron chi connectivity index (χ4n) is 1.68. The summed E-state index contributed by atoms with van der Waals surface area (Å²) in [7, 11) is 1.71. The van der Waals surface area contributed by atoms with Crippen LogP contribution in [-0.4, -0.2) is 47.4 Å². The summed E-state index contributed by atoms with van der Waals surface area (Å²) in [6.07, 6.45) is 0. The first kappa shape index (κ1) is 20.4. The summed E-state index contributed by atoms with van der Waals surface area (Å²) in [6.45, 7) is 13.0. The first-order valence-corrected chi connectivity index (χ1v) is 7.57. The van der Waals surface area contributed by atoms with Gasteiger partial charge in [-0.25, -0.2) is 0 Å². The van der Waals surface area contributed by atoms with Gasteiger partial charge in [0.15, 0.2) is 0 Å². The summed E-state index contributed by atoms with van der Waals surface area (Å²) in [4.78, 5) is 25.9. The molecule has 6 heteroatoms. The van der Waals surface area contributed by atoms with Gasteiger partial charge in [0.2, 0.25) is 11.8 Å². The van der Waals surface area contributed by atoms with Crippen LogP contribution in [0.1, 0.15) is 48.5 Å². The summed E-state index contributed by atoms with van der Waals surface area (Å²) in [6, 6.07) is 1.64. The van der Waals surface area contributed by atoms with E-state index >= 15 is 0 Å². The maximum Gasteiger partial charge on any atom is 0.238 e. The van der Waals surface area contributed by atoms with Gasteiger partial charge in [-0.3, -0.25) is 14.5 Å². The molecule has 0 rings (SSSR count). The average molecular weight is 310 g/mol. The molecule has 2 N–H and O–H groups in total. The lowest BCUT2D eigenvalue weighted by Gasteiger charge is -2.31. The van der Waals surface area contributed by atoms with E-state index in [2.05, 4.69) is 16.7 Å². The van der Waals surface area contributed by atoms with Crippen LogP contribution < -0.4 is 10.6 Å². The third kappa shape index (κ3) is 6.44. The molecule has 0 aliphatic carbocycles. The highest BCUT2D eigenvalue weighted by molar-refractivity contribution is 5.84. The molecule has 0 aliphatic rings. The molecule has 6 nitrogen and oxygen atoms in total. The van der Waals surface area contributed by atoms with Crippen molar-refractivity contribution in [3.8, 4) is 6.07 Å². The van der Waals surface area contributed by atoms with Gasteiger partial charge in [0.05, 0.1) is 18.7 Å². The smallest absolute Gasteiger partial charge is 0.238 e. The lowest BCUT2D eigenvalue weighted by Crippen LogP contribution is -2.56. The van der Waals surface area contributed by atoms with Crippen LogP contribution in [0.25, 0.3) is 0 Å². The predicted octanol–water partition coefficient (Wildman–Crippen LogP) is 1.28. The second-order valence-electron chi connectivity index (χ2n) is 7.35. The topological polar surface area (TPSA) is 85.2 Å². The van der Waals surface area contributed by atoms with Crippen LogP contribution in [0.2, 0.25) is 0 Å². The lowest BCUT2D eigenvalue weighted by molar-refractivity contribution is -0.129. The van der Waals surface area contributed by atoms with Gasteiger partial charge in [0, 0.05) is 5.54 Å². The van der Waals surface area contributed by atoms with Gasteiger partial charge in [0.1, 0.15) is 5.54 Å². The Labute approximate surface area is 134 Å². The molecule has 0 heterocycles. The number of nitrogens with zero attached hydrogens (tertiary/aromatic N) is 2. The Kier molecular flexibility index (Phi) is 7.04. The molecule has 0 bridgehead atoms. The molecule has 0 radical (unpaired) electrons. The highest BCUT2D eigenvalue weighted by Gasteiger charge is 2.32. The van der Waals surface area contributed by atoms with Crippen LogP contribution in [0.5, 0.6) is 0 Å². The van der Waals surface area contributed by atoms with Gasteiger partial charge in [-0.15, -0.1) is 0 Å². The number of nitriles is 1. The van der Waals surface area contributed by atoms with E-state index in [1.165, 1.54) is 0 Å². The van der Waals surface area contributed by atoms with Gasteiger partial charge in [-0.2, -0.15) is 5.26 Å². The van der Waals surface area contributed by atoms with Crippen LogP contribution in [0.15, 0.2) is 0 Å². The molecule has 2 amide bonds. The number of nitrogens with one attached hydrogen (secondary N) is 2. The van der Waals surface area contributed by atoms with Crippen molar-refractivity contribution in [3.05, 3.63) is 0 Å². The minimum Gasteiger partial charge on any atom is -0.350 e. The van der Waals surface area contributed by atoms with Crippen LogP contribution in [-0.2, 0) is 9.59 Å². The zero-order valence-electron chi connectivity index (χ0n) is 15.1. The van der Waals surface area contributed by atoms with E-state index < -0.39 is 11.6 Å². The van der Waals surface area contributed by atoms with Crippen molar-refractivity contribution in [2.75, 3.05) is 13.6 Å². The van der Waals surface area contributed by atoms with E-state index in [0.29, 0.717) is 0 Å². The van der Waals surface area contributed by atoms with E-state index in [0.717, 1.165) is 0 Å². The van der Waals surface area contributed by atoms with E-state index in [-0.39, 0.29) is 29.8 Å². The standard InChI is InChI=1S/C16H30N4O2/c1-11(2)16(7,10-17)19-14(22)12(3)20(8)9-13(21)18-15(4,5)6/h11-12H,9H2,1-8H3,(H,18,21)(H,19,22)/t12-,16+/m0/s1. The quantitative estimate of drug-likeness (QED) is 0.774. The third-order valence-corrected chi connectivity index (χ3v) is 3.72. The Morgan fingerprint density at radius 2 is 1.64 bits per heavy atom. The highest BCUT2D eigenvalue weighted by atomic mass is 16.2. The molecule has 0 aliphatic heterocycles. The zero-order valence-corrected chi connectivity index (χ0v) is 15.1. The first-order chi connectivity index (χ1) is 9.82. The monoisotopic (exact) mass is 310 g/mol. The number of carbonyl (C=O) groups excluding carboxylic acids is 2. The van der Waals surface area contributed by atoms with Crippen molar-refractivity contribution in [2.45, 2.75) is 65.6 Å². The zero-order chi connectivity index (χ0) is 17.7. The highest BCUT2D eigenvalue weighted by Crippen LogP contribution is 2.15. The van der Waals surface area contributed by atoms with Gasteiger partial charge < -0.3 is 10.6 Å². The van der Waals surface area contributed by atoms with E-state index in [4.69, 9.17) is 0 Å². The summed E-state index contributed by atoms with van der Waals surface area (Å²) in [5.41, 5.74) is -1.22. The van der Waals surface area contributed by atoms with Crippen molar-refractivity contribution < 1.29 is 9.59 Å².